The van der Waals surface area contributed by atoms with Gasteiger partial charge in [-0.1, -0.05) is 29.3 Å². The number of rotatable bonds is 2. The van der Waals surface area contributed by atoms with E-state index in [-0.39, 0.29) is 18.4 Å². The molecule has 0 radical (unpaired) electrons. The molecule has 0 aromatic heterocycles. The Bertz CT molecular complexity index is 501. The van der Waals surface area contributed by atoms with Gasteiger partial charge in [-0.3, -0.25) is 4.79 Å². The average Bonchev–Trinajstić information content (AvgIpc) is 2.61. The highest BCUT2D eigenvalue weighted by Crippen LogP contribution is 2.29. The molecule has 1 atom stereocenters. The molecule has 4 nitrogen and oxygen atoms in total. The monoisotopic (exact) mass is 271 g/mol. The minimum absolute atomic E-state index is 0.110. The second-order valence-corrected chi connectivity index (χ2v) is 4.67. The van der Waals surface area contributed by atoms with Gasteiger partial charge in [0.05, 0.1) is 22.5 Å². The summed E-state index contributed by atoms with van der Waals surface area (Å²) in [5, 5.41) is 6.31. The van der Waals surface area contributed by atoms with Gasteiger partial charge in [-0.05, 0) is 24.6 Å². The molecule has 1 aromatic carbocycles. The predicted octanol–water partition coefficient (Wildman–Crippen LogP) is 2.56. The van der Waals surface area contributed by atoms with Crippen molar-refractivity contribution in [3.05, 3.63) is 33.8 Å². The van der Waals surface area contributed by atoms with Gasteiger partial charge in [0.15, 0.2) is 0 Å². The molecule has 6 heteroatoms. The summed E-state index contributed by atoms with van der Waals surface area (Å²) >= 11 is 11.8. The highest BCUT2D eigenvalue weighted by molar-refractivity contribution is 6.42. The molecule has 0 saturated carbocycles. The lowest BCUT2D eigenvalue weighted by Gasteiger charge is -2.21. The smallest absolute Gasteiger partial charge is 0.250 e. The molecule has 0 bridgehead atoms. The molecule has 1 amide bonds. The van der Waals surface area contributed by atoms with E-state index in [1.807, 2.05) is 13.0 Å². The SMILES string of the molecule is C[C@H](c1ccc(Cl)c(Cl)c1)N1N=C(N)CC1=O. The van der Waals surface area contributed by atoms with Crippen LogP contribution in [0.3, 0.4) is 0 Å². The predicted molar refractivity (Wildman–Crippen MR) is 68.0 cm³/mol. The zero-order valence-electron chi connectivity index (χ0n) is 9.15. The first-order chi connectivity index (χ1) is 7.99. The molecule has 1 heterocycles. The third-order valence-electron chi connectivity index (χ3n) is 2.62. The average molecular weight is 272 g/mol. The fourth-order valence-electron chi connectivity index (χ4n) is 1.68. The van der Waals surface area contributed by atoms with Crippen LogP contribution in [0, 0.1) is 0 Å². The summed E-state index contributed by atoms with van der Waals surface area (Å²) in [6, 6.07) is 5.03. The number of amidine groups is 1. The quantitative estimate of drug-likeness (QED) is 0.899. The van der Waals surface area contributed by atoms with Crippen molar-refractivity contribution in [3.63, 3.8) is 0 Å². The largest absolute Gasteiger partial charge is 0.385 e. The Balaban J connectivity index is 2.28. The molecule has 17 heavy (non-hydrogen) atoms. The Morgan fingerprint density at radius 2 is 2.12 bits per heavy atom. The maximum Gasteiger partial charge on any atom is 0.250 e. The third-order valence-corrected chi connectivity index (χ3v) is 3.36. The number of hydrazone groups is 1. The number of benzene rings is 1. The maximum atomic E-state index is 11.6. The van der Waals surface area contributed by atoms with Gasteiger partial charge in [0.2, 0.25) is 0 Å². The van der Waals surface area contributed by atoms with Crippen molar-refractivity contribution in [2.75, 3.05) is 0 Å². The normalized spacial score (nSPS) is 17.2. The summed E-state index contributed by atoms with van der Waals surface area (Å²) in [4.78, 5) is 11.6. The van der Waals surface area contributed by atoms with Crippen LogP contribution in [-0.2, 0) is 4.79 Å². The second-order valence-electron chi connectivity index (χ2n) is 3.86. The van der Waals surface area contributed by atoms with E-state index >= 15 is 0 Å². The van der Waals surface area contributed by atoms with E-state index in [0.717, 1.165) is 5.56 Å². The van der Waals surface area contributed by atoms with E-state index in [9.17, 15) is 4.79 Å². The van der Waals surface area contributed by atoms with Crippen molar-refractivity contribution in [2.45, 2.75) is 19.4 Å². The van der Waals surface area contributed by atoms with E-state index in [1.54, 1.807) is 12.1 Å². The molecule has 1 aliphatic rings. The number of hydrogen-bond donors (Lipinski definition) is 1. The summed E-state index contributed by atoms with van der Waals surface area (Å²) in [5.41, 5.74) is 6.39. The van der Waals surface area contributed by atoms with Gasteiger partial charge in [0, 0.05) is 0 Å². The van der Waals surface area contributed by atoms with E-state index in [4.69, 9.17) is 28.9 Å². The van der Waals surface area contributed by atoms with E-state index < -0.39 is 0 Å². The number of carbonyl (C=O) groups is 1. The van der Waals surface area contributed by atoms with Crippen molar-refractivity contribution in [2.24, 2.45) is 10.8 Å². The number of halogens is 2. The topological polar surface area (TPSA) is 58.7 Å². The summed E-state index contributed by atoms with van der Waals surface area (Å²) in [5.74, 6) is 0.225. The van der Waals surface area contributed by atoms with Gasteiger partial charge in [-0.25, -0.2) is 5.01 Å². The van der Waals surface area contributed by atoms with Gasteiger partial charge >= 0.3 is 0 Å². The van der Waals surface area contributed by atoms with E-state index in [0.29, 0.717) is 15.9 Å². The highest BCUT2D eigenvalue weighted by Gasteiger charge is 2.27. The first-order valence-corrected chi connectivity index (χ1v) is 5.84. The van der Waals surface area contributed by atoms with Crippen molar-refractivity contribution in [1.29, 1.82) is 0 Å². The van der Waals surface area contributed by atoms with Crippen LogP contribution >= 0.6 is 23.2 Å². The van der Waals surface area contributed by atoms with Crippen molar-refractivity contribution >= 4 is 34.9 Å². The van der Waals surface area contributed by atoms with Crippen LogP contribution in [0.2, 0.25) is 10.0 Å². The van der Waals surface area contributed by atoms with Gasteiger partial charge in [-0.2, -0.15) is 5.10 Å². The van der Waals surface area contributed by atoms with Crippen molar-refractivity contribution in [1.82, 2.24) is 5.01 Å². The third kappa shape index (κ3) is 2.37. The minimum Gasteiger partial charge on any atom is -0.385 e. The molecule has 1 aromatic rings. The van der Waals surface area contributed by atoms with Gasteiger partial charge in [0.1, 0.15) is 5.84 Å². The molecule has 0 spiro atoms. The first kappa shape index (κ1) is 12.2. The molecular formula is C11H11Cl2N3O. The molecular weight excluding hydrogens is 261 g/mol. The van der Waals surface area contributed by atoms with Crippen LogP contribution < -0.4 is 5.73 Å². The van der Waals surface area contributed by atoms with Crippen LogP contribution in [0.4, 0.5) is 0 Å². The lowest BCUT2D eigenvalue weighted by molar-refractivity contribution is -0.130. The number of amides is 1. The first-order valence-electron chi connectivity index (χ1n) is 5.09. The van der Waals surface area contributed by atoms with Crippen LogP contribution in [0.25, 0.3) is 0 Å². The minimum atomic E-state index is -0.210. The summed E-state index contributed by atoms with van der Waals surface area (Å²) < 4.78 is 0. The lowest BCUT2D eigenvalue weighted by atomic mass is 10.1. The Hall–Kier alpha value is -1.26. The fourth-order valence-corrected chi connectivity index (χ4v) is 1.99. The molecule has 0 aliphatic carbocycles. The van der Waals surface area contributed by atoms with Gasteiger partial charge < -0.3 is 5.73 Å². The molecule has 90 valence electrons. The van der Waals surface area contributed by atoms with Crippen molar-refractivity contribution < 1.29 is 4.79 Å². The zero-order valence-corrected chi connectivity index (χ0v) is 10.7. The van der Waals surface area contributed by atoms with Crippen LogP contribution in [-0.4, -0.2) is 16.8 Å². The molecule has 1 aliphatic heterocycles. The van der Waals surface area contributed by atoms with Gasteiger partial charge in [-0.15, -0.1) is 0 Å². The lowest BCUT2D eigenvalue weighted by Crippen LogP contribution is -2.24. The molecule has 2 N–H and O–H groups in total. The number of carbonyl (C=O) groups excluding carboxylic acids is 1. The Kier molecular flexibility index (Phi) is 3.26. The molecule has 0 fully saturated rings. The van der Waals surface area contributed by atoms with Gasteiger partial charge in [0.25, 0.3) is 5.91 Å². The van der Waals surface area contributed by atoms with E-state index in [1.165, 1.54) is 5.01 Å². The Labute approximate surface area is 109 Å². The Morgan fingerprint density at radius 3 is 2.65 bits per heavy atom. The van der Waals surface area contributed by atoms with Crippen LogP contribution in [0.5, 0.6) is 0 Å². The second kappa shape index (κ2) is 4.55. The highest BCUT2D eigenvalue weighted by atomic mass is 35.5. The summed E-state index contributed by atoms with van der Waals surface area (Å²) in [7, 11) is 0. The fraction of sp³-hybridized carbons (Fsp3) is 0.273. The Morgan fingerprint density at radius 1 is 1.41 bits per heavy atom. The number of hydrogen-bond acceptors (Lipinski definition) is 3. The zero-order chi connectivity index (χ0) is 12.6. The van der Waals surface area contributed by atoms with Crippen LogP contribution in [0.1, 0.15) is 24.9 Å². The molecule has 2 rings (SSSR count). The van der Waals surface area contributed by atoms with Crippen LogP contribution in [0.15, 0.2) is 23.3 Å². The summed E-state index contributed by atoms with van der Waals surface area (Å²) in [6.07, 6.45) is 0.172. The van der Waals surface area contributed by atoms with Crippen molar-refractivity contribution in [3.8, 4) is 0 Å². The standard InChI is InChI=1S/C11H11Cl2N3O/c1-6(16-11(17)5-10(14)15-16)7-2-3-8(12)9(13)4-7/h2-4,6H,5H2,1H3,(H2,14,15)/t6-/m1/s1. The van der Waals surface area contributed by atoms with E-state index in [2.05, 4.69) is 5.10 Å². The number of nitrogens with two attached hydrogens (primary N) is 1. The maximum absolute atomic E-state index is 11.6. The number of nitrogens with zero attached hydrogens (tertiary/aromatic N) is 2. The summed E-state index contributed by atoms with van der Waals surface area (Å²) in [6.45, 7) is 1.86. The molecule has 0 unspecified atom stereocenters. The molecule has 0 saturated heterocycles.